The van der Waals surface area contributed by atoms with Crippen LogP contribution in [0.5, 0.6) is 5.75 Å². The minimum Gasteiger partial charge on any atom is -0.508 e. The number of hydrogen-bond donors (Lipinski definition) is 2. The van der Waals surface area contributed by atoms with Gasteiger partial charge in [-0.3, -0.25) is 0 Å². The van der Waals surface area contributed by atoms with Crippen LogP contribution in [-0.2, 0) is 6.54 Å². The summed E-state index contributed by atoms with van der Waals surface area (Å²) in [6.07, 6.45) is 1.81. The highest BCUT2D eigenvalue weighted by molar-refractivity contribution is 7.13. The van der Waals surface area contributed by atoms with Crippen LogP contribution in [0.25, 0.3) is 10.6 Å². The lowest BCUT2D eigenvalue weighted by Crippen LogP contribution is -1.98. The van der Waals surface area contributed by atoms with E-state index < -0.39 is 0 Å². The van der Waals surface area contributed by atoms with Crippen molar-refractivity contribution < 1.29 is 5.11 Å². The van der Waals surface area contributed by atoms with Gasteiger partial charge in [0.15, 0.2) is 0 Å². The summed E-state index contributed by atoms with van der Waals surface area (Å²) >= 11 is 1.63. The number of phenolic OH excluding ortho intramolecular Hbond substituents is 1. The van der Waals surface area contributed by atoms with Crippen LogP contribution in [0, 0.1) is 0 Å². The van der Waals surface area contributed by atoms with E-state index in [1.54, 1.807) is 23.5 Å². The first-order valence-electron chi connectivity index (χ1n) is 6.33. The maximum atomic E-state index is 9.42. The molecule has 3 rings (SSSR count). The van der Waals surface area contributed by atoms with Gasteiger partial charge in [-0.15, -0.1) is 11.3 Å². The molecular formula is C16H14N2OS. The number of nitrogens with one attached hydrogen (secondary N) is 1. The molecule has 3 nitrogen and oxygen atoms in total. The fourth-order valence-corrected chi connectivity index (χ4v) is 2.61. The predicted octanol–water partition coefficient (Wildman–Crippen LogP) is 4.13. The molecule has 1 heterocycles. The highest BCUT2D eigenvalue weighted by atomic mass is 32.1. The van der Waals surface area contributed by atoms with Gasteiger partial charge in [-0.05, 0) is 42.0 Å². The van der Waals surface area contributed by atoms with Gasteiger partial charge in [-0.1, -0.05) is 12.1 Å². The second-order valence-electron chi connectivity index (χ2n) is 4.44. The zero-order valence-electron chi connectivity index (χ0n) is 10.8. The second-order valence-corrected chi connectivity index (χ2v) is 5.33. The molecule has 0 spiro atoms. The molecule has 1 aromatic heterocycles. The third-order valence-electron chi connectivity index (χ3n) is 2.97. The number of nitrogens with zero attached hydrogens (tertiary/aromatic N) is 1. The molecule has 0 bridgehead atoms. The van der Waals surface area contributed by atoms with E-state index in [1.807, 2.05) is 35.8 Å². The van der Waals surface area contributed by atoms with Crippen molar-refractivity contribution >= 4 is 17.0 Å². The molecule has 0 amide bonds. The molecule has 4 heteroatoms. The first-order chi connectivity index (χ1) is 9.81. The Bertz CT molecular complexity index is 678. The Balaban J connectivity index is 1.67. The molecule has 0 radical (unpaired) electrons. The molecule has 0 saturated heterocycles. The zero-order chi connectivity index (χ0) is 13.8. The van der Waals surface area contributed by atoms with Crippen molar-refractivity contribution in [2.45, 2.75) is 6.54 Å². The van der Waals surface area contributed by atoms with Crippen molar-refractivity contribution in [1.29, 1.82) is 0 Å². The number of aromatic nitrogens is 1. The number of benzene rings is 2. The van der Waals surface area contributed by atoms with E-state index in [4.69, 9.17) is 0 Å². The molecule has 2 N–H and O–H groups in total. The van der Waals surface area contributed by atoms with Gasteiger partial charge in [0.2, 0.25) is 0 Å². The van der Waals surface area contributed by atoms with Gasteiger partial charge in [0.1, 0.15) is 10.8 Å². The minimum atomic E-state index is 0.295. The van der Waals surface area contributed by atoms with Crippen molar-refractivity contribution in [2.75, 3.05) is 5.32 Å². The molecule has 0 fully saturated rings. The molecule has 0 aliphatic carbocycles. The van der Waals surface area contributed by atoms with Crippen LogP contribution in [0.3, 0.4) is 0 Å². The van der Waals surface area contributed by atoms with Gasteiger partial charge in [-0.2, -0.15) is 0 Å². The maximum Gasteiger partial charge on any atom is 0.123 e. The Morgan fingerprint density at radius 2 is 1.95 bits per heavy atom. The predicted molar refractivity (Wildman–Crippen MR) is 83.0 cm³/mol. The summed E-state index contributed by atoms with van der Waals surface area (Å²) in [7, 11) is 0. The Kier molecular flexibility index (Phi) is 3.65. The second kappa shape index (κ2) is 5.75. The summed E-state index contributed by atoms with van der Waals surface area (Å²) in [5.74, 6) is 0.295. The van der Waals surface area contributed by atoms with Crippen LogP contribution in [0.1, 0.15) is 5.56 Å². The van der Waals surface area contributed by atoms with E-state index in [-0.39, 0.29) is 0 Å². The summed E-state index contributed by atoms with van der Waals surface area (Å²) in [6.45, 7) is 0.686. The normalized spacial score (nSPS) is 10.4. The third kappa shape index (κ3) is 2.97. The highest BCUT2D eigenvalue weighted by Gasteiger charge is 2.00. The van der Waals surface area contributed by atoms with Crippen molar-refractivity contribution in [1.82, 2.24) is 4.98 Å². The van der Waals surface area contributed by atoms with Crippen LogP contribution < -0.4 is 5.32 Å². The number of phenols is 1. The maximum absolute atomic E-state index is 9.42. The Morgan fingerprint density at radius 3 is 2.65 bits per heavy atom. The number of anilines is 1. The monoisotopic (exact) mass is 282 g/mol. The summed E-state index contributed by atoms with van der Waals surface area (Å²) in [4.78, 5) is 4.29. The first kappa shape index (κ1) is 12.7. The Hall–Kier alpha value is -2.33. The van der Waals surface area contributed by atoms with Crippen LogP contribution in [-0.4, -0.2) is 10.1 Å². The van der Waals surface area contributed by atoms with Crippen LogP contribution in [0.15, 0.2) is 60.1 Å². The highest BCUT2D eigenvalue weighted by Crippen LogP contribution is 2.23. The van der Waals surface area contributed by atoms with E-state index in [1.165, 1.54) is 0 Å². The molecule has 0 saturated carbocycles. The molecule has 0 atom stereocenters. The van der Waals surface area contributed by atoms with E-state index in [2.05, 4.69) is 22.4 Å². The Morgan fingerprint density at radius 1 is 1.10 bits per heavy atom. The van der Waals surface area contributed by atoms with Gasteiger partial charge in [-0.25, -0.2) is 4.98 Å². The lowest BCUT2D eigenvalue weighted by Gasteiger charge is -2.07. The van der Waals surface area contributed by atoms with Crippen molar-refractivity contribution in [2.24, 2.45) is 0 Å². The number of rotatable bonds is 4. The molecule has 0 unspecified atom stereocenters. The van der Waals surface area contributed by atoms with E-state index in [0.29, 0.717) is 12.3 Å². The fraction of sp³-hybridized carbons (Fsp3) is 0.0625. The molecule has 3 aromatic rings. The van der Waals surface area contributed by atoms with Crippen molar-refractivity contribution in [3.8, 4) is 16.3 Å². The van der Waals surface area contributed by atoms with E-state index in [0.717, 1.165) is 21.8 Å². The lowest BCUT2D eigenvalue weighted by atomic mass is 10.2. The first-order valence-corrected chi connectivity index (χ1v) is 7.21. The molecule has 0 aliphatic heterocycles. The molecule has 2 aromatic carbocycles. The van der Waals surface area contributed by atoms with Gasteiger partial charge in [0.05, 0.1) is 0 Å². The smallest absolute Gasteiger partial charge is 0.123 e. The van der Waals surface area contributed by atoms with Crippen LogP contribution in [0.4, 0.5) is 5.69 Å². The summed E-state index contributed by atoms with van der Waals surface area (Å²) in [6, 6.07) is 15.5. The number of thiazole rings is 1. The van der Waals surface area contributed by atoms with Crippen molar-refractivity contribution in [3.63, 3.8) is 0 Å². The average molecular weight is 282 g/mol. The molecule has 20 heavy (non-hydrogen) atoms. The quantitative estimate of drug-likeness (QED) is 0.756. The van der Waals surface area contributed by atoms with E-state index >= 15 is 0 Å². The summed E-state index contributed by atoms with van der Waals surface area (Å²) in [5, 5.41) is 15.8. The largest absolute Gasteiger partial charge is 0.508 e. The molecular weight excluding hydrogens is 268 g/mol. The topological polar surface area (TPSA) is 45.1 Å². The minimum absolute atomic E-state index is 0.295. The van der Waals surface area contributed by atoms with Gasteiger partial charge >= 0.3 is 0 Å². The third-order valence-corrected chi connectivity index (χ3v) is 3.79. The number of aromatic hydroxyl groups is 1. The lowest BCUT2D eigenvalue weighted by molar-refractivity contribution is 0.474. The van der Waals surface area contributed by atoms with Gasteiger partial charge in [0, 0.05) is 29.4 Å². The van der Waals surface area contributed by atoms with Gasteiger partial charge < -0.3 is 10.4 Å². The average Bonchev–Trinajstić information content (AvgIpc) is 3.00. The van der Waals surface area contributed by atoms with E-state index in [9.17, 15) is 5.11 Å². The summed E-state index contributed by atoms with van der Waals surface area (Å²) < 4.78 is 0. The van der Waals surface area contributed by atoms with Crippen molar-refractivity contribution in [3.05, 3.63) is 65.7 Å². The number of hydrogen-bond acceptors (Lipinski definition) is 4. The van der Waals surface area contributed by atoms with Gasteiger partial charge in [0.25, 0.3) is 0 Å². The van der Waals surface area contributed by atoms with Crippen LogP contribution in [0.2, 0.25) is 0 Å². The molecule has 0 aliphatic rings. The Labute approximate surface area is 121 Å². The van der Waals surface area contributed by atoms with Crippen LogP contribution >= 0.6 is 11.3 Å². The SMILES string of the molecule is Oc1cccc(CNc2ccc(-c3nccs3)cc2)c1. The standard InChI is InChI=1S/C16H14N2OS/c19-15-3-1-2-12(10-15)11-18-14-6-4-13(5-7-14)16-17-8-9-20-16/h1-10,18-19H,11H2. The summed E-state index contributed by atoms with van der Waals surface area (Å²) in [5.41, 5.74) is 3.23. The zero-order valence-corrected chi connectivity index (χ0v) is 11.6. The fourth-order valence-electron chi connectivity index (χ4n) is 1.97. The molecule has 100 valence electrons.